The summed E-state index contributed by atoms with van der Waals surface area (Å²) < 4.78 is 1.76. The second-order valence-corrected chi connectivity index (χ2v) is 5.03. The van der Waals surface area contributed by atoms with Crippen molar-refractivity contribution < 1.29 is 4.79 Å². The van der Waals surface area contributed by atoms with Gasteiger partial charge < -0.3 is 4.57 Å². The van der Waals surface area contributed by atoms with Gasteiger partial charge in [0.2, 0.25) is 10.6 Å². The minimum atomic E-state index is -0.479. The first kappa shape index (κ1) is 12.5. The number of benzene rings is 1. The molecule has 0 aliphatic heterocycles. The van der Waals surface area contributed by atoms with Gasteiger partial charge in [-0.1, -0.05) is 23.5 Å². The topological polar surface area (TPSA) is 76.9 Å². The molecular weight excluding hydrogens is 276 g/mol. The first-order valence-electron chi connectivity index (χ1n) is 5.82. The fourth-order valence-electron chi connectivity index (χ4n) is 1.99. The average Bonchev–Trinajstić information content (AvgIpc) is 2.95. The molecule has 0 fully saturated rings. The van der Waals surface area contributed by atoms with E-state index < -0.39 is 5.91 Å². The molecule has 0 aliphatic rings. The van der Waals surface area contributed by atoms with Crippen molar-refractivity contribution in [2.24, 2.45) is 7.05 Å². The number of hydrogen-bond donors (Lipinski definition) is 1. The number of anilines is 1. The smallest absolute Gasteiger partial charge is 0.262 e. The molecule has 1 N–H and O–H groups in total. The highest BCUT2D eigenvalue weighted by Crippen LogP contribution is 2.12. The molecule has 3 rings (SSSR count). The second-order valence-electron chi connectivity index (χ2n) is 4.20. The van der Waals surface area contributed by atoms with E-state index >= 15 is 0 Å². The minimum absolute atomic E-state index is 0.0846. The lowest BCUT2D eigenvalue weighted by Gasteiger charge is -2.08. The van der Waals surface area contributed by atoms with Crippen molar-refractivity contribution >= 4 is 33.3 Å². The third kappa shape index (κ3) is 2.08. The van der Waals surface area contributed by atoms with Crippen LogP contribution in [0.2, 0.25) is 0 Å². The Morgan fingerprint density at radius 1 is 1.35 bits per heavy atom. The number of fused-ring (bicyclic) bond motifs is 1. The van der Waals surface area contributed by atoms with Crippen molar-refractivity contribution in [2.45, 2.75) is 0 Å². The molecule has 0 atom stereocenters. The molecule has 0 radical (unpaired) electrons. The van der Waals surface area contributed by atoms with Crippen LogP contribution in [0.5, 0.6) is 0 Å². The van der Waals surface area contributed by atoms with Crippen molar-refractivity contribution in [2.75, 3.05) is 5.32 Å². The van der Waals surface area contributed by atoms with Crippen LogP contribution in [-0.4, -0.2) is 20.7 Å². The van der Waals surface area contributed by atoms with E-state index in [2.05, 4.69) is 15.5 Å². The molecule has 0 saturated carbocycles. The Morgan fingerprint density at radius 2 is 2.15 bits per heavy atom. The highest BCUT2D eigenvalue weighted by Gasteiger charge is 2.15. The summed E-state index contributed by atoms with van der Waals surface area (Å²) in [5.41, 5.74) is 2.08. The zero-order chi connectivity index (χ0) is 14.1. The Bertz CT molecular complexity index is 839. The quantitative estimate of drug-likeness (QED) is 0.777. The highest BCUT2D eigenvalue weighted by molar-refractivity contribution is 7.13. The molecule has 100 valence electrons. The Balaban J connectivity index is 2.10. The number of carbonyl (C=O) groups is 1. The maximum Gasteiger partial charge on any atom is 0.262 e. The number of carbonyl (C=O) groups excluding carboxylic acids is 1. The van der Waals surface area contributed by atoms with E-state index in [9.17, 15) is 9.59 Å². The van der Waals surface area contributed by atoms with E-state index in [4.69, 9.17) is 0 Å². The number of pyridine rings is 1. The van der Waals surface area contributed by atoms with Gasteiger partial charge in [0.1, 0.15) is 11.1 Å². The highest BCUT2D eigenvalue weighted by atomic mass is 32.1. The lowest BCUT2D eigenvalue weighted by molar-refractivity contribution is 0.102. The number of para-hydroxylation sites is 1. The van der Waals surface area contributed by atoms with Gasteiger partial charge in [0.25, 0.3) is 5.91 Å². The predicted octanol–water partition coefficient (Wildman–Crippen LogP) is 1.64. The van der Waals surface area contributed by atoms with Crippen LogP contribution in [-0.2, 0) is 7.05 Å². The van der Waals surface area contributed by atoms with Gasteiger partial charge in [-0.25, -0.2) is 0 Å². The van der Waals surface area contributed by atoms with E-state index in [1.807, 2.05) is 12.1 Å². The molecule has 3 aromatic rings. The van der Waals surface area contributed by atoms with Crippen LogP contribution in [0, 0.1) is 0 Å². The third-order valence-electron chi connectivity index (χ3n) is 2.92. The number of nitrogens with one attached hydrogen (secondary N) is 1. The van der Waals surface area contributed by atoms with E-state index in [0.717, 1.165) is 5.52 Å². The van der Waals surface area contributed by atoms with Crippen molar-refractivity contribution in [1.29, 1.82) is 0 Å². The van der Waals surface area contributed by atoms with Gasteiger partial charge in [-0.2, -0.15) is 0 Å². The maximum atomic E-state index is 12.3. The summed E-state index contributed by atoms with van der Waals surface area (Å²) in [6.07, 6.45) is 1.53. The van der Waals surface area contributed by atoms with Crippen LogP contribution in [0.15, 0.2) is 40.8 Å². The van der Waals surface area contributed by atoms with Gasteiger partial charge in [0, 0.05) is 18.6 Å². The van der Waals surface area contributed by atoms with Crippen LogP contribution in [0.4, 0.5) is 5.13 Å². The number of aromatic nitrogens is 3. The molecule has 7 heteroatoms. The molecule has 2 heterocycles. The third-order valence-corrected chi connectivity index (χ3v) is 3.53. The predicted molar refractivity (Wildman–Crippen MR) is 77.1 cm³/mol. The molecule has 1 amide bonds. The Hall–Kier alpha value is -2.54. The molecular formula is C13H10N4O2S. The standard InChI is InChI=1S/C13H10N4O2S/c1-17-6-9(12(19)15-13-16-14-7-20-13)11(18)8-4-2-3-5-10(8)17/h2-7H,1H3,(H,15,16,19). The van der Waals surface area contributed by atoms with E-state index in [1.54, 1.807) is 23.7 Å². The largest absolute Gasteiger partial charge is 0.350 e. The van der Waals surface area contributed by atoms with Crippen LogP contribution in [0.25, 0.3) is 10.9 Å². The molecule has 0 saturated heterocycles. The average molecular weight is 286 g/mol. The normalized spacial score (nSPS) is 10.7. The molecule has 0 spiro atoms. The van der Waals surface area contributed by atoms with Gasteiger partial charge in [0.15, 0.2) is 0 Å². The van der Waals surface area contributed by atoms with Crippen LogP contribution in [0.3, 0.4) is 0 Å². The fourth-order valence-corrected chi connectivity index (χ4v) is 2.43. The van der Waals surface area contributed by atoms with Gasteiger partial charge in [-0.15, -0.1) is 10.2 Å². The van der Waals surface area contributed by atoms with Gasteiger partial charge in [-0.05, 0) is 12.1 Å². The van der Waals surface area contributed by atoms with E-state index in [1.165, 1.54) is 23.0 Å². The summed E-state index contributed by atoms with van der Waals surface area (Å²) in [6.45, 7) is 0. The number of nitrogens with zero attached hydrogens (tertiary/aromatic N) is 3. The molecule has 0 unspecified atom stereocenters. The zero-order valence-corrected chi connectivity index (χ0v) is 11.3. The molecule has 2 aromatic heterocycles. The molecule has 0 aliphatic carbocycles. The minimum Gasteiger partial charge on any atom is -0.350 e. The first-order chi connectivity index (χ1) is 9.66. The molecule has 1 aromatic carbocycles. The van der Waals surface area contributed by atoms with Crippen molar-refractivity contribution in [1.82, 2.24) is 14.8 Å². The van der Waals surface area contributed by atoms with Crippen LogP contribution < -0.4 is 10.7 Å². The zero-order valence-electron chi connectivity index (χ0n) is 10.5. The molecule has 0 bridgehead atoms. The van der Waals surface area contributed by atoms with Crippen molar-refractivity contribution in [3.63, 3.8) is 0 Å². The SMILES string of the molecule is Cn1cc(C(=O)Nc2nncs2)c(=O)c2ccccc21. The number of aryl methyl sites for hydroxylation is 1. The van der Waals surface area contributed by atoms with Crippen LogP contribution in [0.1, 0.15) is 10.4 Å². The number of hydrogen-bond acceptors (Lipinski definition) is 5. The lowest BCUT2D eigenvalue weighted by atomic mass is 10.1. The van der Waals surface area contributed by atoms with Gasteiger partial charge >= 0.3 is 0 Å². The summed E-state index contributed by atoms with van der Waals surface area (Å²) in [5.74, 6) is -0.479. The summed E-state index contributed by atoms with van der Waals surface area (Å²) in [7, 11) is 1.80. The van der Waals surface area contributed by atoms with Crippen molar-refractivity contribution in [3.05, 3.63) is 51.8 Å². The number of rotatable bonds is 2. The van der Waals surface area contributed by atoms with Gasteiger partial charge in [0.05, 0.1) is 5.52 Å². The Kier molecular flexibility index (Phi) is 3.03. The first-order valence-corrected chi connectivity index (χ1v) is 6.70. The summed E-state index contributed by atoms with van der Waals surface area (Å²) >= 11 is 1.20. The lowest BCUT2D eigenvalue weighted by Crippen LogP contribution is -2.23. The summed E-state index contributed by atoms with van der Waals surface area (Å²) in [5, 5.41) is 10.8. The van der Waals surface area contributed by atoms with E-state index in [0.29, 0.717) is 10.5 Å². The fraction of sp³-hybridized carbons (Fsp3) is 0.0769. The second kappa shape index (κ2) is 4.86. The van der Waals surface area contributed by atoms with Crippen LogP contribution >= 0.6 is 11.3 Å². The Morgan fingerprint density at radius 3 is 2.90 bits per heavy atom. The Labute approximate surface area is 117 Å². The van der Waals surface area contributed by atoms with Gasteiger partial charge in [-0.3, -0.25) is 14.9 Å². The molecule has 20 heavy (non-hydrogen) atoms. The number of amides is 1. The van der Waals surface area contributed by atoms with Crippen molar-refractivity contribution in [3.8, 4) is 0 Å². The summed E-state index contributed by atoms with van der Waals surface area (Å²) in [6, 6.07) is 7.17. The van der Waals surface area contributed by atoms with E-state index in [-0.39, 0.29) is 11.0 Å². The summed E-state index contributed by atoms with van der Waals surface area (Å²) in [4.78, 5) is 24.5. The monoisotopic (exact) mass is 286 g/mol. The molecule has 6 nitrogen and oxygen atoms in total. The maximum absolute atomic E-state index is 12.3.